The summed E-state index contributed by atoms with van der Waals surface area (Å²) >= 11 is 6.99. The maximum atomic E-state index is 12.5. The second-order valence-electron chi connectivity index (χ2n) is 4.53. The van der Waals surface area contributed by atoms with Gasteiger partial charge in [-0.3, -0.25) is 4.18 Å². The predicted octanol–water partition coefficient (Wildman–Crippen LogP) is 4.10. The maximum Gasteiger partial charge on any atom is 0.387 e. The van der Waals surface area contributed by atoms with E-state index in [1.807, 2.05) is 0 Å². The van der Waals surface area contributed by atoms with Gasteiger partial charge in [0, 0.05) is 11.2 Å². The summed E-state index contributed by atoms with van der Waals surface area (Å²) in [5.41, 5.74) is 0.292. The molecule has 1 aromatic heterocycles. The van der Waals surface area contributed by atoms with E-state index in [9.17, 15) is 17.2 Å². The predicted molar refractivity (Wildman–Crippen MR) is 83.5 cm³/mol. The van der Waals surface area contributed by atoms with E-state index in [1.165, 1.54) is 24.4 Å². The maximum absolute atomic E-state index is 12.5. The summed E-state index contributed by atoms with van der Waals surface area (Å²) in [7, 11) is -3.62. The van der Waals surface area contributed by atoms with Gasteiger partial charge in [0.2, 0.25) is 0 Å². The summed E-state index contributed by atoms with van der Waals surface area (Å²) in [5, 5.41) is 0.695. The zero-order valence-corrected chi connectivity index (χ0v) is 14.4. The Kier molecular flexibility index (Phi) is 5.56. The van der Waals surface area contributed by atoms with E-state index in [-0.39, 0.29) is 5.75 Å². The van der Waals surface area contributed by atoms with Crippen molar-refractivity contribution in [1.29, 1.82) is 0 Å². The lowest BCUT2D eigenvalue weighted by Gasteiger charge is -2.09. The molecule has 0 aliphatic rings. The third-order valence-corrected chi connectivity index (χ3v) is 4.70. The van der Waals surface area contributed by atoms with Crippen LogP contribution in [0.4, 0.5) is 8.78 Å². The van der Waals surface area contributed by atoms with E-state index in [0.717, 1.165) is 17.6 Å². The van der Waals surface area contributed by atoms with Crippen LogP contribution in [-0.2, 0) is 14.3 Å². The normalized spacial score (nSPS) is 13.3. The summed E-state index contributed by atoms with van der Waals surface area (Å²) in [6.45, 7) is -1.44. The molecule has 2 rings (SSSR count). The van der Waals surface area contributed by atoms with Crippen LogP contribution in [0.25, 0.3) is 10.6 Å². The lowest BCUT2D eigenvalue weighted by Crippen LogP contribution is -2.06. The van der Waals surface area contributed by atoms with Crippen LogP contribution in [0, 0.1) is 0 Å². The van der Waals surface area contributed by atoms with Crippen LogP contribution in [0.1, 0.15) is 17.9 Å². The number of benzene rings is 1. The summed E-state index contributed by atoms with van der Waals surface area (Å²) in [6, 6.07) is 4.19. The number of hydrogen-bond acceptors (Lipinski definition) is 6. The Hall–Kier alpha value is -1.29. The Morgan fingerprint density at radius 1 is 1.35 bits per heavy atom. The summed E-state index contributed by atoms with van der Waals surface area (Å²) in [6.07, 6.45) is 1.62. The minimum absolute atomic E-state index is 0.0676. The van der Waals surface area contributed by atoms with E-state index < -0.39 is 22.8 Å². The summed E-state index contributed by atoms with van der Waals surface area (Å²) in [4.78, 5) is 4.63. The first-order chi connectivity index (χ1) is 10.7. The van der Waals surface area contributed by atoms with Gasteiger partial charge in [-0.1, -0.05) is 11.6 Å². The van der Waals surface area contributed by atoms with E-state index in [2.05, 4.69) is 9.72 Å². The molecule has 0 aliphatic carbocycles. The van der Waals surface area contributed by atoms with Gasteiger partial charge < -0.3 is 4.74 Å². The topological polar surface area (TPSA) is 65.5 Å². The van der Waals surface area contributed by atoms with Crippen LogP contribution in [0.2, 0.25) is 5.02 Å². The van der Waals surface area contributed by atoms with Crippen molar-refractivity contribution in [3.05, 3.63) is 34.3 Å². The van der Waals surface area contributed by atoms with Crippen molar-refractivity contribution in [1.82, 2.24) is 4.98 Å². The molecular weight excluding hydrogens is 372 g/mol. The average Bonchev–Trinajstić information content (AvgIpc) is 2.88. The number of nitrogens with zero attached hydrogens (tertiary/aromatic N) is 1. The Morgan fingerprint density at radius 3 is 2.65 bits per heavy atom. The highest BCUT2D eigenvalue weighted by Gasteiger charge is 2.19. The fraction of sp³-hybridized carbons (Fsp3) is 0.308. The fourth-order valence-corrected chi connectivity index (χ4v) is 3.56. The third-order valence-electron chi connectivity index (χ3n) is 2.63. The lowest BCUT2D eigenvalue weighted by atomic mass is 10.2. The monoisotopic (exact) mass is 383 g/mol. The Labute approximate surface area is 141 Å². The van der Waals surface area contributed by atoms with Crippen LogP contribution in [0.3, 0.4) is 0 Å². The van der Waals surface area contributed by atoms with Crippen molar-refractivity contribution >= 4 is 33.1 Å². The van der Waals surface area contributed by atoms with Gasteiger partial charge in [-0.15, -0.1) is 11.3 Å². The molecule has 0 fully saturated rings. The third kappa shape index (κ3) is 5.10. The smallest absolute Gasteiger partial charge is 0.387 e. The van der Waals surface area contributed by atoms with Crippen LogP contribution in [0.15, 0.2) is 24.4 Å². The van der Waals surface area contributed by atoms with Gasteiger partial charge in [-0.25, -0.2) is 4.98 Å². The Balaban J connectivity index is 2.35. The molecule has 126 valence electrons. The molecule has 0 aliphatic heterocycles. The van der Waals surface area contributed by atoms with Crippen LogP contribution in [-0.4, -0.2) is 26.3 Å². The van der Waals surface area contributed by atoms with Crippen molar-refractivity contribution in [3.8, 4) is 16.3 Å². The zero-order chi connectivity index (χ0) is 17.2. The van der Waals surface area contributed by atoms with E-state index in [4.69, 9.17) is 15.8 Å². The number of aromatic nitrogens is 1. The molecule has 0 saturated heterocycles. The molecule has 0 bridgehead atoms. The number of hydrogen-bond donors (Lipinski definition) is 0. The molecule has 0 amide bonds. The first-order valence-electron chi connectivity index (χ1n) is 6.24. The van der Waals surface area contributed by atoms with Gasteiger partial charge in [-0.05, 0) is 25.1 Å². The number of thiazole rings is 1. The molecular formula is C13H12ClF2NO4S2. The molecule has 1 aromatic carbocycles. The molecule has 0 saturated carbocycles. The van der Waals surface area contributed by atoms with Crippen LogP contribution in [0.5, 0.6) is 5.75 Å². The Bertz CT molecular complexity index is 795. The highest BCUT2D eigenvalue weighted by Crippen LogP contribution is 2.37. The summed E-state index contributed by atoms with van der Waals surface area (Å²) in [5.74, 6) is -0.0676. The van der Waals surface area contributed by atoms with Gasteiger partial charge in [0.25, 0.3) is 10.1 Å². The molecule has 1 unspecified atom stereocenters. The molecule has 2 aromatic rings. The van der Waals surface area contributed by atoms with E-state index in [1.54, 1.807) is 6.92 Å². The molecule has 0 spiro atoms. The summed E-state index contributed by atoms with van der Waals surface area (Å²) < 4.78 is 56.6. The van der Waals surface area contributed by atoms with Crippen molar-refractivity contribution in [2.75, 3.05) is 6.26 Å². The van der Waals surface area contributed by atoms with Gasteiger partial charge in [0.15, 0.2) is 0 Å². The standard InChI is InChI=1S/C13H12ClF2NO4S2/c1-7(21-23(2,18)19)11-6-17-12(22-11)9-5-8(14)3-4-10(9)20-13(15)16/h3-7,13H,1-2H3. The highest BCUT2D eigenvalue weighted by molar-refractivity contribution is 7.86. The number of alkyl halides is 2. The first kappa shape index (κ1) is 18.1. The van der Waals surface area contributed by atoms with Crippen molar-refractivity contribution in [3.63, 3.8) is 0 Å². The largest absolute Gasteiger partial charge is 0.434 e. The second kappa shape index (κ2) is 7.08. The molecule has 1 heterocycles. The van der Waals surface area contributed by atoms with Crippen molar-refractivity contribution < 1.29 is 26.1 Å². The Morgan fingerprint density at radius 2 is 2.04 bits per heavy atom. The number of halogens is 3. The molecule has 0 radical (unpaired) electrons. The first-order valence-corrected chi connectivity index (χ1v) is 9.25. The minimum atomic E-state index is -3.62. The molecule has 10 heteroatoms. The van der Waals surface area contributed by atoms with E-state index >= 15 is 0 Å². The second-order valence-corrected chi connectivity index (χ2v) is 7.63. The van der Waals surface area contributed by atoms with Crippen LogP contribution < -0.4 is 4.74 Å². The van der Waals surface area contributed by atoms with Gasteiger partial charge in [0.05, 0.1) is 16.7 Å². The number of rotatable bonds is 6. The SMILES string of the molecule is CC(OS(C)(=O)=O)c1cnc(-c2cc(Cl)ccc2OC(F)F)s1. The molecule has 5 nitrogen and oxygen atoms in total. The fourth-order valence-electron chi connectivity index (χ4n) is 1.78. The molecule has 23 heavy (non-hydrogen) atoms. The molecule has 0 N–H and O–H groups in total. The lowest BCUT2D eigenvalue weighted by molar-refractivity contribution is -0.0494. The van der Waals surface area contributed by atoms with Gasteiger partial charge in [-0.2, -0.15) is 17.2 Å². The quantitative estimate of drug-likeness (QED) is 0.702. The van der Waals surface area contributed by atoms with Crippen molar-refractivity contribution in [2.45, 2.75) is 19.6 Å². The number of ether oxygens (including phenoxy) is 1. The highest BCUT2D eigenvalue weighted by atomic mass is 35.5. The molecule has 1 atom stereocenters. The average molecular weight is 384 g/mol. The van der Waals surface area contributed by atoms with Crippen molar-refractivity contribution in [2.24, 2.45) is 0 Å². The van der Waals surface area contributed by atoms with Crippen LogP contribution >= 0.6 is 22.9 Å². The van der Waals surface area contributed by atoms with Gasteiger partial charge in [0.1, 0.15) is 16.9 Å². The minimum Gasteiger partial charge on any atom is -0.434 e. The van der Waals surface area contributed by atoms with E-state index in [0.29, 0.717) is 20.5 Å². The zero-order valence-electron chi connectivity index (χ0n) is 12.0. The van der Waals surface area contributed by atoms with Gasteiger partial charge >= 0.3 is 6.61 Å².